The van der Waals surface area contributed by atoms with E-state index in [1.54, 1.807) is 0 Å². The van der Waals surface area contributed by atoms with E-state index in [1.165, 1.54) is 5.56 Å². The molecule has 1 unspecified atom stereocenters. The first-order chi connectivity index (χ1) is 15.2. The van der Waals surface area contributed by atoms with Gasteiger partial charge in [-0.2, -0.15) is 0 Å². The van der Waals surface area contributed by atoms with Gasteiger partial charge in [0.05, 0.1) is 0 Å². The zero-order valence-corrected chi connectivity index (χ0v) is 18.3. The summed E-state index contributed by atoms with van der Waals surface area (Å²) >= 11 is 0. The van der Waals surface area contributed by atoms with Gasteiger partial charge >= 0.3 is 0 Å². The molecular formula is C26H35N3O2. The van der Waals surface area contributed by atoms with Gasteiger partial charge in [-0.25, -0.2) is 0 Å². The Hall–Kier alpha value is -2.21. The van der Waals surface area contributed by atoms with E-state index in [9.17, 15) is 10.3 Å². The molecule has 0 radical (unpaired) electrons. The molecule has 3 N–H and O–H groups in total. The van der Waals surface area contributed by atoms with Gasteiger partial charge in [-0.1, -0.05) is 78.7 Å². The Bertz CT molecular complexity index is 828. The van der Waals surface area contributed by atoms with E-state index in [2.05, 4.69) is 45.7 Å². The number of hydrogen-bond acceptors (Lipinski definition) is 5. The van der Waals surface area contributed by atoms with Crippen LogP contribution >= 0.6 is 0 Å². The van der Waals surface area contributed by atoms with Crippen LogP contribution in [0.15, 0.2) is 65.8 Å². The fourth-order valence-electron chi connectivity index (χ4n) is 5.30. The molecule has 5 nitrogen and oxygen atoms in total. The lowest BCUT2D eigenvalue weighted by molar-refractivity contribution is 0.0420. The molecular weight excluding hydrogens is 386 g/mol. The molecule has 2 fully saturated rings. The maximum Gasteiger partial charge on any atom is 0.135 e. The zero-order chi connectivity index (χ0) is 21.5. The molecule has 31 heavy (non-hydrogen) atoms. The number of nitrogens with zero attached hydrogens (tertiary/aromatic N) is 2. The predicted molar refractivity (Wildman–Crippen MR) is 124 cm³/mol. The fraction of sp³-hybridized carbons (Fsp3) is 0.500. The lowest BCUT2D eigenvalue weighted by atomic mass is 9.76. The number of hydrogen-bond donors (Lipinski definition) is 3. The van der Waals surface area contributed by atoms with E-state index in [4.69, 9.17) is 0 Å². The van der Waals surface area contributed by atoms with E-state index < -0.39 is 5.60 Å². The van der Waals surface area contributed by atoms with Gasteiger partial charge in [0, 0.05) is 19.1 Å². The summed E-state index contributed by atoms with van der Waals surface area (Å²) in [6, 6.07) is 20.7. The number of aliphatic hydroxyl groups is 1. The van der Waals surface area contributed by atoms with Gasteiger partial charge in [-0.05, 0) is 55.8 Å². The summed E-state index contributed by atoms with van der Waals surface area (Å²) < 4.78 is 0. The number of piperidine rings is 1. The van der Waals surface area contributed by atoms with Crippen molar-refractivity contribution in [2.24, 2.45) is 11.1 Å². The van der Waals surface area contributed by atoms with Gasteiger partial charge in [-0.15, -0.1) is 0 Å². The van der Waals surface area contributed by atoms with Crippen molar-refractivity contribution < 1.29 is 10.3 Å². The maximum atomic E-state index is 11.8. The summed E-state index contributed by atoms with van der Waals surface area (Å²) in [5, 5.41) is 28.9. The lowest BCUT2D eigenvalue weighted by Crippen LogP contribution is -2.50. The number of likely N-dealkylation sites (tertiary alicyclic amines) is 1. The molecule has 1 saturated carbocycles. The summed E-state index contributed by atoms with van der Waals surface area (Å²) in [6.45, 7) is 3.49. The van der Waals surface area contributed by atoms with Gasteiger partial charge in [-0.3, -0.25) is 4.90 Å². The molecule has 0 bridgehead atoms. The summed E-state index contributed by atoms with van der Waals surface area (Å²) in [4.78, 5) is 2.49. The highest BCUT2D eigenvalue weighted by atomic mass is 16.4. The van der Waals surface area contributed by atoms with E-state index in [0.29, 0.717) is 18.3 Å². The highest BCUT2D eigenvalue weighted by molar-refractivity contribution is 5.95. The molecule has 2 aromatic carbocycles. The largest absolute Gasteiger partial charge is 0.411 e. The predicted octanol–water partition coefficient (Wildman–Crippen LogP) is 4.15. The molecule has 1 heterocycles. The normalized spacial score (nSPS) is 21.3. The molecule has 2 aromatic rings. The van der Waals surface area contributed by atoms with Crippen molar-refractivity contribution in [2.45, 2.75) is 56.7 Å². The number of oxime groups is 1. The Labute approximate surface area is 185 Å². The SMILES string of the molecule is ON=C(CNC1CCN(Cc2ccccc2)CC1)C(O)(c1ccccc1)C1CCCC1. The highest BCUT2D eigenvalue weighted by Crippen LogP contribution is 2.41. The molecule has 166 valence electrons. The Morgan fingerprint density at radius 2 is 1.55 bits per heavy atom. The minimum absolute atomic E-state index is 0.0929. The van der Waals surface area contributed by atoms with Crippen LogP contribution in [0, 0.1) is 5.92 Å². The zero-order valence-electron chi connectivity index (χ0n) is 18.3. The van der Waals surface area contributed by atoms with E-state index in [-0.39, 0.29) is 5.92 Å². The third-order valence-electron chi connectivity index (χ3n) is 7.12. The number of benzene rings is 2. The Morgan fingerprint density at radius 3 is 2.16 bits per heavy atom. The topological polar surface area (TPSA) is 68.1 Å². The van der Waals surface area contributed by atoms with Gasteiger partial charge in [0.1, 0.15) is 11.3 Å². The average molecular weight is 422 g/mol. The quantitative estimate of drug-likeness (QED) is 0.340. The van der Waals surface area contributed by atoms with Crippen LogP contribution in [0.2, 0.25) is 0 Å². The Kier molecular flexibility index (Phi) is 7.38. The minimum atomic E-state index is -1.21. The molecule has 0 amide bonds. The monoisotopic (exact) mass is 421 g/mol. The minimum Gasteiger partial charge on any atom is -0.411 e. The third-order valence-corrected chi connectivity index (χ3v) is 7.12. The second-order valence-corrected chi connectivity index (χ2v) is 9.08. The third kappa shape index (κ3) is 5.17. The van der Waals surface area contributed by atoms with Gasteiger partial charge in [0.25, 0.3) is 0 Å². The fourth-order valence-corrected chi connectivity index (χ4v) is 5.30. The average Bonchev–Trinajstić information content (AvgIpc) is 3.37. The summed E-state index contributed by atoms with van der Waals surface area (Å²) in [5.41, 5.74) is 1.41. The lowest BCUT2D eigenvalue weighted by Gasteiger charge is -2.37. The van der Waals surface area contributed by atoms with E-state index in [1.807, 2.05) is 30.3 Å². The first-order valence-corrected chi connectivity index (χ1v) is 11.7. The Balaban J connectivity index is 1.36. The van der Waals surface area contributed by atoms with Crippen LogP contribution in [0.5, 0.6) is 0 Å². The van der Waals surface area contributed by atoms with Crippen molar-refractivity contribution >= 4 is 5.71 Å². The number of nitrogens with one attached hydrogen (secondary N) is 1. The highest BCUT2D eigenvalue weighted by Gasteiger charge is 2.44. The van der Waals surface area contributed by atoms with Crippen molar-refractivity contribution in [2.75, 3.05) is 19.6 Å². The molecule has 0 aromatic heterocycles. The second kappa shape index (κ2) is 10.4. The van der Waals surface area contributed by atoms with Crippen LogP contribution in [0.25, 0.3) is 0 Å². The van der Waals surface area contributed by atoms with Crippen LogP contribution in [0.1, 0.15) is 49.7 Å². The van der Waals surface area contributed by atoms with Crippen LogP contribution in [0.4, 0.5) is 0 Å². The molecule has 1 aliphatic carbocycles. The molecule has 2 aliphatic rings. The second-order valence-electron chi connectivity index (χ2n) is 9.08. The molecule has 4 rings (SSSR count). The summed E-state index contributed by atoms with van der Waals surface area (Å²) in [5.74, 6) is 0.0929. The van der Waals surface area contributed by atoms with Crippen molar-refractivity contribution in [3.8, 4) is 0 Å². The smallest absolute Gasteiger partial charge is 0.135 e. The summed E-state index contributed by atoms with van der Waals surface area (Å²) in [6.07, 6.45) is 6.26. The maximum absolute atomic E-state index is 11.8. The van der Waals surface area contributed by atoms with E-state index >= 15 is 0 Å². The van der Waals surface area contributed by atoms with Crippen molar-refractivity contribution in [1.29, 1.82) is 0 Å². The standard InChI is InChI=1S/C26H35N3O2/c30-26(23-13-7-8-14-23,22-11-5-2-6-12-22)25(28-31)19-27-24-15-17-29(18-16-24)20-21-9-3-1-4-10-21/h1-6,9-12,23-24,27,30-31H,7-8,13-20H2. The Morgan fingerprint density at radius 1 is 0.935 bits per heavy atom. The van der Waals surface area contributed by atoms with Crippen LogP contribution in [-0.2, 0) is 12.1 Å². The first kappa shape index (κ1) is 22.0. The molecule has 5 heteroatoms. The molecule has 1 atom stereocenters. The number of rotatable bonds is 8. The van der Waals surface area contributed by atoms with Gasteiger partial charge in [0.15, 0.2) is 0 Å². The van der Waals surface area contributed by atoms with Crippen LogP contribution < -0.4 is 5.32 Å². The van der Waals surface area contributed by atoms with Crippen LogP contribution in [0.3, 0.4) is 0 Å². The van der Waals surface area contributed by atoms with Crippen LogP contribution in [-0.4, -0.2) is 46.6 Å². The summed E-state index contributed by atoms with van der Waals surface area (Å²) in [7, 11) is 0. The van der Waals surface area contributed by atoms with E-state index in [0.717, 1.165) is 63.7 Å². The first-order valence-electron chi connectivity index (χ1n) is 11.7. The van der Waals surface area contributed by atoms with Crippen molar-refractivity contribution in [1.82, 2.24) is 10.2 Å². The molecule has 0 spiro atoms. The van der Waals surface area contributed by atoms with Crippen molar-refractivity contribution in [3.63, 3.8) is 0 Å². The van der Waals surface area contributed by atoms with Gasteiger partial charge < -0.3 is 15.6 Å². The molecule has 1 saturated heterocycles. The molecule has 1 aliphatic heterocycles. The van der Waals surface area contributed by atoms with Crippen molar-refractivity contribution in [3.05, 3.63) is 71.8 Å². The van der Waals surface area contributed by atoms with Gasteiger partial charge in [0.2, 0.25) is 0 Å².